The van der Waals surface area contributed by atoms with Crippen molar-refractivity contribution in [3.63, 3.8) is 0 Å². The first-order valence-electron chi connectivity index (χ1n) is 10.7. The Morgan fingerprint density at radius 2 is 1.90 bits per heavy atom. The van der Waals surface area contributed by atoms with Crippen LogP contribution in [0.5, 0.6) is 0 Å². The molecule has 2 aliphatic rings. The fourth-order valence-electron chi connectivity index (χ4n) is 4.04. The molecule has 2 heterocycles. The highest BCUT2D eigenvalue weighted by atomic mass is 35.5. The standard InChI is InChI=1S/C24H27ClN2O3S/c25-19-5-1-17(2-6-19)14-27-21-13-18(4-8-23(21)31-15-20(26)24(27)29)22(28)7-3-16-9-11-30-12-10-16/h1-2,4-6,8,13,16,20H,3,7,9-12,14-15,26H2/t20-/m0/s1. The normalized spacial score (nSPS) is 19.7. The molecule has 5 nitrogen and oxygen atoms in total. The molecular formula is C24H27ClN2O3S. The molecule has 2 aliphatic heterocycles. The predicted molar refractivity (Wildman–Crippen MR) is 125 cm³/mol. The number of rotatable bonds is 6. The lowest BCUT2D eigenvalue weighted by atomic mass is 9.92. The molecule has 2 aromatic rings. The van der Waals surface area contributed by atoms with Gasteiger partial charge in [-0.1, -0.05) is 29.8 Å². The van der Waals surface area contributed by atoms with Gasteiger partial charge in [-0.05, 0) is 55.0 Å². The van der Waals surface area contributed by atoms with Crippen LogP contribution in [0.15, 0.2) is 47.4 Å². The van der Waals surface area contributed by atoms with Gasteiger partial charge < -0.3 is 15.4 Å². The molecule has 164 valence electrons. The van der Waals surface area contributed by atoms with Crippen LogP contribution in [0.3, 0.4) is 0 Å². The van der Waals surface area contributed by atoms with E-state index in [4.69, 9.17) is 22.1 Å². The lowest BCUT2D eigenvalue weighted by Gasteiger charge is -2.25. The Morgan fingerprint density at radius 3 is 2.65 bits per heavy atom. The Bertz CT molecular complexity index is 944. The largest absolute Gasteiger partial charge is 0.381 e. The van der Waals surface area contributed by atoms with E-state index in [1.54, 1.807) is 16.7 Å². The molecule has 1 amide bonds. The SMILES string of the molecule is N[C@H]1CSc2ccc(C(=O)CCC3CCOCC3)cc2N(Cc2ccc(Cl)cc2)C1=O. The van der Waals surface area contributed by atoms with Crippen LogP contribution >= 0.6 is 23.4 Å². The Labute approximate surface area is 192 Å². The van der Waals surface area contributed by atoms with Gasteiger partial charge in [-0.2, -0.15) is 0 Å². The predicted octanol–water partition coefficient (Wildman–Crippen LogP) is 4.70. The van der Waals surface area contributed by atoms with Crippen molar-refractivity contribution in [2.24, 2.45) is 11.7 Å². The third-order valence-electron chi connectivity index (χ3n) is 5.95. The number of amides is 1. The minimum Gasteiger partial charge on any atom is -0.381 e. The summed E-state index contributed by atoms with van der Waals surface area (Å²) < 4.78 is 5.41. The van der Waals surface area contributed by atoms with Gasteiger partial charge in [0.1, 0.15) is 0 Å². The number of nitrogens with two attached hydrogens (primary N) is 1. The number of Topliss-reactive ketones (excluding diaryl/α,β-unsaturated/α-hetero) is 1. The van der Waals surface area contributed by atoms with Crippen LogP contribution in [0.2, 0.25) is 5.02 Å². The molecule has 1 saturated heterocycles. The molecule has 0 aromatic heterocycles. The van der Waals surface area contributed by atoms with Crippen molar-refractivity contribution < 1.29 is 14.3 Å². The average Bonchev–Trinajstić information content (AvgIpc) is 2.91. The summed E-state index contributed by atoms with van der Waals surface area (Å²) in [5, 5.41) is 0.649. The quantitative estimate of drug-likeness (QED) is 0.635. The summed E-state index contributed by atoms with van der Waals surface area (Å²) in [7, 11) is 0. The van der Waals surface area contributed by atoms with Gasteiger partial charge in [0.2, 0.25) is 5.91 Å². The highest BCUT2D eigenvalue weighted by molar-refractivity contribution is 7.99. The second-order valence-corrected chi connectivity index (χ2v) is 9.67. The number of ketones is 1. The van der Waals surface area contributed by atoms with Gasteiger partial charge in [0.15, 0.2) is 5.78 Å². The van der Waals surface area contributed by atoms with Gasteiger partial charge in [0, 0.05) is 40.9 Å². The smallest absolute Gasteiger partial charge is 0.245 e. The number of nitrogens with zero attached hydrogens (tertiary/aromatic N) is 1. The molecule has 1 fully saturated rings. The van der Waals surface area contributed by atoms with E-state index in [2.05, 4.69) is 0 Å². The molecule has 0 spiro atoms. The zero-order valence-electron chi connectivity index (χ0n) is 17.4. The van der Waals surface area contributed by atoms with E-state index >= 15 is 0 Å². The second-order valence-electron chi connectivity index (χ2n) is 8.17. The van der Waals surface area contributed by atoms with Crippen LogP contribution in [-0.4, -0.2) is 36.7 Å². The van der Waals surface area contributed by atoms with Gasteiger partial charge >= 0.3 is 0 Å². The van der Waals surface area contributed by atoms with Crippen molar-refractivity contribution in [2.45, 2.75) is 43.2 Å². The highest BCUT2D eigenvalue weighted by Crippen LogP contribution is 2.36. The van der Waals surface area contributed by atoms with Gasteiger partial charge in [-0.15, -0.1) is 11.8 Å². The number of ether oxygens (including phenoxy) is 1. The average molecular weight is 459 g/mol. The van der Waals surface area contributed by atoms with Crippen molar-refractivity contribution in [3.05, 3.63) is 58.6 Å². The molecule has 0 radical (unpaired) electrons. The number of anilines is 1. The Hall–Kier alpha value is -1.86. The number of hydrogen-bond donors (Lipinski definition) is 1. The topological polar surface area (TPSA) is 72.6 Å². The molecule has 0 aliphatic carbocycles. The minimum absolute atomic E-state index is 0.117. The van der Waals surface area contributed by atoms with Crippen LogP contribution in [0.1, 0.15) is 41.6 Å². The third kappa shape index (κ3) is 5.50. The molecule has 4 rings (SSSR count). The Balaban J connectivity index is 1.56. The van der Waals surface area contributed by atoms with Crippen LogP contribution < -0.4 is 10.6 Å². The highest BCUT2D eigenvalue weighted by Gasteiger charge is 2.29. The Kier molecular flexibility index (Phi) is 7.33. The molecule has 0 unspecified atom stereocenters. The molecule has 2 N–H and O–H groups in total. The lowest BCUT2D eigenvalue weighted by Crippen LogP contribution is -2.44. The van der Waals surface area contributed by atoms with Gasteiger partial charge in [-0.25, -0.2) is 0 Å². The molecule has 7 heteroatoms. The molecular weight excluding hydrogens is 432 g/mol. The summed E-state index contributed by atoms with van der Waals surface area (Å²) >= 11 is 7.57. The zero-order chi connectivity index (χ0) is 21.8. The first kappa shape index (κ1) is 22.3. The maximum absolute atomic E-state index is 13.1. The van der Waals surface area contributed by atoms with E-state index in [0.29, 0.717) is 35.2 Å². The lowest BCUT2D eigenvalue weighted by molar-refractivity contribution is -0.119. The summed E-state index contributed by atoms with van der Waals surface area (Å²) in [5.41, 5.74) is 8.51. The van der Waals surface area contributed by atoms with Gasteiger partial charge in [-0.3, -0.25) is 9.59 Å². The van der Waals surface area contributed by atoms with Crippen molar-refractivity contribution in [1.29, 1.82) is 0 Å². The van der Waals surface area contributed by atoms with Crippen LogP contribution in [0, 0.1) is 5.92 Å². The number of benzene rings is 2. The Morgan fingerprint density at radius 1 is 1.16 bits per heavy atom. The number of carbonyl (C=O) groups excluding carboxylic acids is 2. The van der Waals surface area contributed by atoms with E-state index in [9.17, 15) is 9.59 Å². The first-order chi connectivity index (χ1) is 15.0. The van der Waals surface area contributed by atoms with E-state index in [1.807, 2.05) is 42.5 Å². The van der Waals surface area contributed by atoms with Crippen molar-refractivity contribution >= 4 is 40.7 Å². The number of thioether (sulfide) groups is 1. The number of fused-ring (bicyclic) bond motifs is 1. The number of hydrogen-bond acceptors (Lipinski definition) is 5. The van der Waals surface area contributed by atoms with Gasteiger partial charge in [0.05, 0.1) is 18.3 Å². The third-order valence-corrected chi connectivity index (χ3v) is 7.38. The van der Waals surface area contributed by atoms with E-state index in [0.717, 1.165) is 48.6 Å². The molecule has 0 saturated carbocycles. The van der Waals surface area contributed by atoms with Gasteiger partial charge in [0.25, 0.3) is 0 Å². The van der Waals surface area contributed by atoms with E-state index in [-0.39, 0.29) is 11.7 Å². The number of carbonyl (C=O) groups is 2. The van der Waals surface area contributed by atoms with Crippen LogP contribution in [-0.2, 0) is 16.1 Å². The van der Waals surface area contributed by atoms with Crippen LogP contribution in [0.4, 0.5) is 5.69 Å². The fourth-order valence-corrected chi connectivity index (χ4v) is 5.15. The second kappa shape index (κ2) is 10.2. The summed E-state index contributed by atoms with van der Waals surface area (Å²) in [4.78, 5) is 28.7. The summed E-state index contributed by atoms with van der Waals surface area (Å²) in [6, 6.07) is 12.5. The molecule has 31 heavy (non-hydrogen) atoms. The van der Waals surface area contributed by atoms with Crippen LogP contribution in [0.25, 0.3) is 0 Å². The van der Waals surface area contributed by atoms with Crippen molar-refractivity contribution in [1.82, 2.24) is 0 Å². The fraction of sp³-hybridized carbons (Fsp3) is 0.417. The maximum Gasteiger partial charge on any atom is 0.245 e. The van der Waals surface area contributed by atoms with Crippen molar-refractivity contribution in [2.75, 3.05) is 23.9 Å². The zero-order valence-corrected chi connectivity index (χ0v) is 19.0. The minimum atomic E-state index is -0.586. The summed E-state index contributed by atoms with van der Waals surface area (Å²) in [6.45, 7) is 1.96. The monoisotopic (exact) mass is 458 g/mol. The summed E-state index contributed by atoms with van der Waals surface area (Å²) in [5.74, 6) is 1.05. The number of halogens is 1. The molecule has 1 atom stereocenters. The maximum atomic E-state index is 13.1. The first-order valence-corrected chi connectivity index (χ1v) is 12.1. The molecule has 2 aromatic carbocycles. The van der Waals surface area contributed by atoms with E-state index < -0.39 is 6.04 Å². The summed E-state index contributed by atoms with van der Waals surface area (Å²) in [6.07, 6.45) is 3.44. The molecule has 0 bridgehead atoms. The van der Waals surface area contributed by atoms with E-state index in [1.165, 1.54) is 0 Å². The van der Waals surface area contributed by atoms with Crippen molar-refractivity contribution in [3.8, 4) is 0 Å².